The van der Waals surface area contributed by atoms with Crippen LogP contribution in [0.5, 0.6) is 11.8 Å². The lowest BCUT2D eigenvalue weighted by Gasteiger charge is -2.12. The monoisotopic (exact) mass is 288 g/mol. The van der Waals surface area contributed by atoms with E-state index in [1.54, 1.807) is 44.4 Å². The lowest BCUT2D eigenvalue weighted by molar-refractivity contribution is 0.230. The number of nitrogens with zero attached hydrogens (tertiary/aromatic N) is 5. The number of hydrogen-bond donors (Lipinski definition) is 1. The Hall–Kier alpha value is -2.90. The number of aromatic nitrogens is 4. The molecule has 2 amide bonds. The maximum atomic E-state index is 11.5. The highest BCUT2D eigenvalue weighted by Gasteiger charge is 2.08. The predicted molar refractivity (Wildman–Crippen MR) is 77.2 cm³/mol. The van der Waals surface area contributed by atoms with Gasteiger partial charge in [-0.25, -0.2) is 4.79 Å². The van der Waals surface area contributed by atoms with Crippen LogP contribution in [0.4, 0.5) is 10.5 Å². The van der Waals surface area contributed by atoms with Crippen molar-refractivity contribution in [3.05, 3.63) is 36.9 Å². The van der Waals surface area contributed by atoms with E-state index >= 15 is 0 Å². The van der Waals surface area contributed by atoms with E-state index in [4.69, 9.17) is 4.74 Å². The normalized spacial score (nSPS) is 10.0. The summed E-state index contributed by atoms with van der Waals surface area (Å²) in [6, 6.07) is 6.99. The number of hydrogen-bond acceptors (Lipinski definition) is 5. The summed E-state index contributed by atoms with van der Waals surface area (Å²) in [5.74, 6) is 0.568. The van der Waals surface area contributed by atoms with Crippen LogP contribution >= 0.6 is 0 Å². The third-order valence-corrected chi connectivity index (χ3v) is 2.52. The van der Waals surface area contributed by atoms with Gasteiger partial charge in [0, 0.05) is 19.8 Å². The molecule has 0 atom stereocenters. The third-order valence-electron chi connectivity index (χ3n) is 2.52. The number of ether oxygens (including phenoxy) is 1. The Bertz CT molecular complexity index is 620. The van der Waals surface area contributed by atoms with Crippen LogP contribution in [-0.2, 0) is 6.54 Å². The van der Waals surface area contributed by atoms with Crippen molar-refractivity contribution in [2.24, 2.45) is 0 Å². The highest BCUT2D eigenvalue weighted by molar-refractivity contribution is 5.88. The second kappa shape index (κ2) is 6.51. The van der Waals surface area contributed by atoms with Gasteiger partial charge in [-0.05, 0) is 34.7 Å². The van der Waals surface area contributed by atoms with Crippen molar-refractivity contribution in [1.82, 2.24) is 25.1 Å². The Labute approximate surface area is 122 Å². The largest absolute Gasteiger partial charge is 0.423 e. The average Bonchev–Trinajstić information content (AvgIpc) is 2.88. The van der Waals surface area contributed by atoms with Crippen LogP contribution in [0, 0.1) is 0 Å². The quantitative estimate of drug-likeness (QED) is 0.847. The number of rotatable bonds is 5. The second-order valence-corrected chi connectivity index (χ2v) is 4.38. The van der Waals surface area contributed by atoms with Gasteiger partial charge in [0.25, 0.3) is 0 Å². The average molecular weight is 288 g/mol. The molecule has 8 nitrogen and oxygen atoms in total. The summed E-state index contributed by atoms with van der Waals surface area (Å²) in [4.78, 5) is 13.0. The molecule has 0 saturated carbocycles. The molecule has 0 aliphatic heterocycles. The standard InChI is InChI=1S/C13H16N6O2/c1-4-9-19-13(15-16-17-19)21-11-7-5-10(6-8-11)14-12(20)18(2)3/h4-8H,1,9H2,2-3H3,(H,14,20). The molecule has 0 aliphatic carbocycles. The molecule has 8 heteroatoms. The Kier molecular flexibility index (Phi) is 4.50. The van der Waals surface area contributed by atoms with E-state index < -0.39 is 0 Å². The Morgan fingerprint density at radius 3 is 2.76 bits per heavy atom. The smallest absolute Gasteiger partial charge is 0.341 e. The lowest BCUT2D eigenvalue weighted by atomic mass is 10.3. The first kappa shape index (κ1) is 14.5. The van der Waals surface area contributed by atoms with Gasteiger partial charge in [0.15, 0.2) is 0 Å². The van der Waals surface area contributed by atoms with Crippen molar-refractivity contribution < 1.29 is 9.53 Å². The van der Waals surface area contributed by atoms with Crippen molar-refractivity contribution >= 4 is 11.7 Å². The van der Waals surface area contributed by atoms with Gasteiger partial charge in [-0.1, -0.05) is 11.2 Å². The zero-order valence-corrected chi connectivity index (χ0v) is 11.9. The molecule has 0 radical (unpaired) electrons. The molecule has 0 spiro atoms. The van der Waals surface area contributed by atoms with E-state index in [1.165, 1.54) is 9.58 Å². The van der Waals surface area contributed by atoms with Gasteiger partial charge in [0.1, 0.15) is 5.75 Å². The zero-order valence-electron chi connectivity index (χ0n) is 11.9. The summed E-state index contributed by atoms with van der Waals surface area (Å²) in [5, 5.41) is 13.8. The summed E-state index contributed by atoms with van der Waals surface area (Å²) >= 11 is 0. The Morgan fingerprint density at radius 2 is 2.14 bits per heavy atom. The minimum absolute atomic E-state index is 0.196. The van der Waals surface area contributed by atoms with E-state index in [0.717, 1.165) is 0 Å². The number of tetrazole rings is 1. The highest BCUT2D eigenvalue weighted by Crippen LogP contribution is 2.20. The van der Waals surface area contributed by atoms with Gasteiger partial charge in [0.2, 0.25) is 0 Å². The summed E-state index contributed by atoms with van der Waals surface area (Å²) in [6.07, 6.45) is 1.67. The number of carbonyl (C=O) groups excluding carboxylic acids is 1. The first-order valence-electron chi connectivity index (χ1n) is 6.23. The summed E-state index contributed by atoms with van der Waals surface area (Å²) in [7, 11) is 3.35. The lowest BCUT2D eigenvalue weighted by Crippen LogP contribution is -2.27. The molecule has 0 unspecified atom stereocenters. The molecule has 1 aromatic carbocycles. The minimum atomic E-state index is -0.196. The Balaban J connectivity index is 2.03. The SMILES string of the molecule is C=CCn1nnnc1Oc1ccc(NC(=O)N(C)C)cc1. The van der Waals surface area contributed by atoms with Gasteiger partial charge >= 0.3 is 12.0 Å². The van der Waals surface area contributed by atoms with E-state index in [0.29, 0.717) is 18.0 Å². The number of amides is 2. The van der Waals surface area contributed by atoms with Crippen LogP contribution in [0.25, 0.3) is 0 Å². The molecule has 21 heavy (non-hydrogen) atoms. The number of nitrogens with one attached hydrogen (secondary N) is 1. The van der Waals surface area contributed by atoms with Crippen molar-refractivity contribution in [2.45, 2.75) is 6.54 Å². The van der Waals surface area contributed by atoms with E-state index in [-0.39, 0.29) is 12.0 Å². The van der Waals surface area contributed by atoms with E-state index in [2.05, 4.69) is 27.4 Å². The molecule has 0 bridgehead atoms. The molecule has 0 aliphatic rings. The first-order valence-corrected chi connectivity index (χ1v) is 6.23. The molecule has 1 heterocycles. The van der Waals surface area contributed by atoms with Gasteiger partial charge in [-0.2, -0.15) is 4.68 Å². The van der Waals surface area contributed by atoms with E-state index in [1.807, 2.05) is 0 Å². The van der Waals surface area contributed by atoms with E-state index in [9.17, 15) is 4.79 Å². The molecule has 1 N–H and O–H groups in total. The van der Waals surface area contributed by atoms with Crippen LogP contribution in [0.1, 0.15) is 0 Å². The topological polar surface area (TPSA) is 85.2 Å². The third kappa shape index (κ3) is 3.78. The van der Waals surface area contributed by atoms with Gasteiger partial charge in [-0.3, -0.25) is 0 Å². The number of anilines is 1. The fourth-order valence-electron chi connectivity index (χ4n) is 1.45. The van der Waals surface area contributed by atoms with Crippen molar-refractivity contribution in [1.29, 1.82) is 0 Å². The highest BCUT2D eigenvalue weighted by atomic mass is 16.5. The van der Waals surface area contributed by atoms with Crippen LogP contribution in [0.15, 0.2) is 36.9 Å². The number of benzene rings is 1. The Morgan fingerprint density at radius 1 is 1.43 bits per heavy atom. The number of allylic oxidation sites excluding steroid dienone is 1. The molecular weight excluding hydrogens is 272 g/mol. The van der Waals surface area contributed by atoms with Crippen LogP contribution in [0.3, 0.4) is 0 Å². The maximum absolute atomic E-state index is 11.5. The maximum Gasteiger partial charge on any atom is 0.341 e. The van der Waals surface area contributed by atoms with Crippen LogP contribution in [-0.4, -0.2) is 45.2 Å². The summed E-state index contributed by atoms with van der Waals surface area (Å²) in [5.41, 5.74) is 0.673. The van der Waals surface area contributed by atoms with Crippen molar-refractivity contribution in [3.63, 3.8) is 0 Å². The van der Waals surface area contributed by atoms with Crippen molar-refractivity contribution in [3.8, 4) is 11.8 Å². The fourth-order valence-corrected chi connectivity index (χ4v) is 1.45. The summed E-state index contributed by atoms with van der Waals surface area (Å²) in [6.45, 7) is 4.08. The van der Waals surface area contributed by atoms with Gasteiger partial charge in [0.05, 0.1) is 6.54 Å². The number of carbonyl (C=O) groups is 1. The first-order chi connectivity index (χ1) is 10.1. The second-order valence-electron chi connectivity index (χ2n) is 4.38. The molecule has 2 aromatic rings. The summed E-state index contributed by atoms with van der Waals surface area (Å²) < 4.78 is 7.05. The molecular formula is C13H16N6O2. The zero-order chi connectivity index (χ0) is 15.2. The predicted octanol–water partition coefficient (Wildman–Crippen LogP) is 1.74. The molecule has 0 saturated heterocycles. The van der Waals surface area contributed by atoms with Crippen molar-refractivity contribution in [2.75, 3.05) is 19.4 Å². The van der Waals surface area contributed by atoms with Gasteiger partial charge < -0.3 is 15.0 Å². The molecule has 1 aromatic heterocycles. The molecule has 2 rings (SSSR count). The van der Waals surface area contributed by atoms with Crippen LogP contribution < -0.4 is 10.1 Å². The van der Waals surface area contributed by atoms with Crippen LogP contribution in [0.2, 0.25) is 0 Å². The minimum Gasteiger partial charge on any atom is -0.423 e. The van der Waals surface area contributed by atoms with Gasteiger partial charge in [-0.15, -0.1) is 6.58 Å². The number of urea groups is 1. The molecule has 110 valence electrons. The molecule has 0 fully saturated rings. The fraction of sp³-hybridized carbons (Fsp3) is 0.231.